The smallest absolute Gasteiger partial charge is 0.274 e. The van der Waals surface area contributed by atoms with Crippen molar-refractivity contribution in [3.8, 4) is 11.8 Å². The number of aryl methyl sites for hydroxylation is 2. The Morgan fingerprint density at radius 1 is 1.45 bits per heavy atom. The summed E-state index contributed by atoms with van der Waals surface area (Å²) in [6.07, 6.45) is 1.62. The molecule has 0 spiro atoms. The minimum atomic E-state index is -1.12. The largest absolute Gasteiger partial charge is 0.392 e. The van der Waals surface area contributed by atoms with Gasteiger partial charge in [-0.1, -0.05) is 11.8 Å². The Labute approximate surface area is 116 Å². The van der Waals surface area contributed by atoms with Gasteiger partial charge in [0.05, 0.1) is 12.2 Å². The third kappa shape index (κ3) is 2.48. The van der Waals surface area contributed by atoms with Crippen molar-refractivity contribution in [1.29, 1.82) is 0 Å². The van der Waals surface area contributed by atoms with Crippen LogP contribution >= 0.6 is 0 Å². The molecule has 2 aromatic heterocycles. The highest BCUT2D eigenvalue weighted by atomic mass is 16.3. The molecule has 2 heterocycles. The SMILES string of the molecule is Cc1[nH]c2c(=O)n(C)cc(C#CC(C)(C)O)c2c1CO. The second-order valence-electron chi connectivity index (χ2n) is 5.40. The highest BCUT2D eigenvalue weighted by Crippen LogP contribution is 2.23. The van der Waals surface area contributed by atoms with Crippen LogP contribution in [-0.2, 0) is 13.7 Å². The first-order valence-corrected chi connectivity index (χ1v) is 6.32. The fourth-order valence-electron chi connectivity index (χ4n) is 2.13. The maximum atomic E-state index is 12.1. The molecule has 3 N–H and O–H groups in total. The van der Waals surface area contributed by atoms with Gasteiger partial charge in [0.2, 0.25) is 0 Å². The van der Waals surface area contributed by atoms with Crippen LogP contribution in [0.1, 0.15) is 30.7 Å². The fraction of sp³-hybridized carbons (Fsp3) is 0.400. The molecule has 0 atom stereocenters. The summed E-state index contributed by atoms with van der Waals surface area (Å²) in [5.74, 6) is 5.63. The van der Waals surface area contributed by atoms with Crippen LogP contribution in [0.3, 0.4) is 0 Å². The molecule has 106 valence electrons. The van der Waals surface area contributed by atoms with Gasteiger partial charge in [-0.05, 0) is 20.8 Å². The number of nitrogens with one attached hydrogen (secondary N) is 1. The predicted molar refractivity (Wildman–Crippen MR) is 77.4 cm³/mol. The number of fused-ring (bicyclic) bond motifs is 1. The van der Waals surface area contributed by atoms with E-state index in [9.17, 15) is 15.0 Å². The van der Waals surface area contributed by atoms with Crippen molar-refractivity contribution in [1.82, 2.24) is 9.55 Å². The molecule has 0 aliphatic heterocycles. The van der Waals surface area contributed by atoms with Gasteiger partial charge in [0.15, 0.2) is 0 Å². The third-order valence-corrected chi connectivity index (χ3v) is 3.10. The molecule has 5 nitrogen and oxygen atoms in total. The Kier molecular flexibility index (Phi) is 3.46. The number of hydrogen-bond acceptors (Lipinski definition) is 3. The Bertz CT molecular complexity index is 780. The van der Waals surface area contributed by atoms with E-state index in [1.54, 1.807) is 34.0 Å². The highest BCUT2D eigenvalue weighted by molar-refractivity contribution is 5.89. The number of hydrogen-bond donors (Lipinski definition) is 3. The van der Waals surface area contributed by atoms with Crippen LogP contribution in [-0.4, -0.2) is 25.4 Å². The predicted octanol–water partition coefficient (Wildman–Crippen LogP) is 0.790. The number of aromatic nitrogens is 2. The molecular weight excluding hydrogens is 256 g/mol. The summed E-state index contributed by atoms with van der Waals surface area (Å²) in [6.45, 7) is 4.82. The first-order valence-electron chi connectivity index (χ1n) is 6.32. The van der Waals surface area contributed by atoms with E-state index < -0.39 is 5.60 Å². The topological polar surface area (TPSA) is 78.2 Å². The number of aliphatic hydroxyl groups is 2. The van der Waals surface area contributed by atoms with Crippen LogP contribution in [0.5, 0.6) is 0 Å². The van der Waals surface area contributed by atoms with Crippen molar-refractivity contribution in [2.75, 3.05) is 0 Å². The molecule has 5 heteroatoms. The number of nitrogens with zero attached hydrogens (tertiary/aromatic N) is 1. The van der Waals surface area contributed by atoms with Crippen LogP contribution in [0.15, 0.2) is 11.0 Å². The van der Waals surface area contributed by atoms with Crippen LogP contribution in [0.2, 0.25) is 0 Å². The number of aliphatic hydroxyl groups excluding tert-OH is 1. The lowest BCUT2D eigenvalue weighted by Gasteiger charge is -2.07. The quantitative estimate of drug-likeness (QED) is 0.673. The van der Waals surface area contributed by atoms with E-state index in [0.29, 0.717) is 22.0 Å². The zero-order chi connectivity index (χ0) is 15.1. The summed E-state index contributed by atoms with van der Waals surface area (Å²) in [7, 11) is 1.64. The van der Waals surface area contributed by atoms with Gasteiger partial charge >= 0.3 is 0 Å². The van der Waals surface area contributed by atoms with Gasteiger partial charge in [0.1, 0.15) is 11.1 Å². The van der Waals surface area contributed by atoms with E-state index in [2.05, 4.69) is 16.8 Å². The average molecular weight is 274 g/mol. The first-order chi connectivity index (χ1) is 9.24. The van der Waals surface area contributed by atoms with E-state index >= 15 is 0 Å². The molecule has 0 radical (unpaired) electrons. The fourth-order valence-corrected chi connectivity index (χ4v) is 2.13. The minimum absolute atomic E-state index is 0.170. The molecule has 0 fully saturated rings. The van der Waals surface area contributed by atoms with E-state index in [-0.39, 0.29) is 12.2 Å². The normalized spacial score (nSPS) is 11.5. The Morgan fingerprint density at radius 2 is 2.10 bits per heavy atom. The molecule has 2 rings (SSSR count). The summed E-state index contributed by atoms with van der Waals surface area (Å²) in [5.41, 5.74) is 1.16. The summed E-state index contributed by atoms with van der Waals surface area (Å²) >= 11 is 0. The van der Waals surface area contributed by atoms with Crippen molar-refractivity contribution in [3.63, 3.8) is 0 Å². The number of pyridine rings is 1. The summed E-state index contributed by atoms with van der Waals surface area (Å²) in [4.78, 5) is 15.1. The van der Waals surface area contributed by atoms with Gasteiger partial charge in [0, 0.05) is 29.9 Å². The maximum Gasteiger partial charge on any atom is 0.274 e. The van der Waals surface area contributed by atoms with Crippen LogP contribution in [0, 0.1) is 18.8 Å². The minimum Gasteiger partial charge on any atom is -0.392 e. The summed E-state index contributed by atoms with van der Waals surface area (Å²) in [5, 5.41) is 19.8. The lowest BCUT2D eigenvalue weighted by molar-refractivity contribution is 0.143. The van der Waals surface area contributed by atoms with Gasteiger partial charge in [0.25, 0.3) is 5.56 Å². The monoisotopic (exact) mass is 274 g/mol. The lowest BCUT2D eigenvalue weighted by Crippen LogP contribution is -2.17. The van der Waals surface area contributed by atoms with Crippen molar-refractivity contribution in [3.05, 3.63) is 33.4 Å². The zero-order valence-corrected chi connectivity index (χ0v) is 12.0. The Morgan fingerprint density at radius 3 is 2.65 bits per heavy atom. The number of aromatic amines is 1. The molecule has 0 saturated carbocycles. The number of rotatable bonds is 1. The van der Waals surface area contributed by atoms with E-state index in [0.717, 1.165) is 5.69 Å². The zero-order valence-electron chi connectivity index (χ0n) is 12.0. The van der Waals surface area contributed by atoms with E-state index in [4.69, 9.17) is 0 Å². The summed E-state index contributed by atoms with van der Waals surface area (Å²) in [6, 6.07) is 0. The van der Waals surface area contributed by atoms with Crippen molar-refractivity contribution >= 4 is 10.9 Å². The average Bonchev–Trinajstić information content (AvgIpc) is 2.68. The standard InChI is InChI=1S/C15H18N2O3/c1-9-11(8-18)12-10(5-6-15(2,3)20)7-17(4)14(19)13(12)16-9/h7,16,18,20H,8H2,1-4H3. The van der Waals surface area contributed by atoms with Crippen LogP contribution in [0.4, 0.5) is 0 Å². The van der Waals surface area contributed by atoms with Crippen molar-refractivity contribution < 1.29 is 10.2 Å². The number of H-pyrrole nitrogens is 1. The van der Waals surface area contributed by atoms with Crippen molar-refractivity contribution in [2.45, 2.75) is 33.0 Å². The second kappa shape index (κ2) is 4.82. The molecule has 0 aromatic carbocycles. The highest BCUT2D eigenvalue weighted by Gasteiger charge is 2.15. The van der Waals surface area contributed by atoms with E-state index in [1.165, 1.54) is 4.57 Å². The summed E-state index contributed by atoms with van der Waals surface area (Å²) < 4.78 is 1.44. The molecule has 0 amide bonds. The van der Waals surface area contributed by atoms with Gasteiger partial charge in [-0.15, -0.1) is 0 Å². The van der Waals surface area contributed by atoms with Gasteiger partial charge < -0.3 is 19.8 Å². The van der Waals surface area contributed by atoms with Crippen LogP contribution < -0.4 is 5.56 Å². The van der Waals surface area contributed by atoms with Gasteiger partial charge in [-0.3, -0.25) is 4.79 Å². The Balaban J connectivity index is 2.86. The van der Waals surface area contributed by atoms with E-state index in [1.807, 2.05) is 0 Å². The third-order valence-electron chi connectivity index (χ3n) is 3.10. The molecular formula is C15H18N2O3. The molecule has 2 aromatic rings. The maximum absolute atomic E-state index is 12.1. The molecule has 0 aliphatic rings. The first kappa shape index (κ1) is 14.4. The van der Waals surface area contributed by atoms with Gasteiger partial charge in [-0.25, -0.2) is 0 Å². The Hall–Kier alpha value is -2.03. The molecule has 20 heavy (non-hydrogen) atoms. The van der Waals surface area contributed by atoms with Crippen molar-refractivity contribution in [2.24, 2.45) is 7.05 Å². The molecule has 0 aliphatic carbocycles. The van der Waals surface area contributed by atoms with Gasteiger partial charge in [-0.2, -0.15) is 0 Å². The molecule has 0 bridgehead atoms. The second-order valence-corrected chi connectivity index (χ2v) is 5.40. The van der Waals surface area contributed by atoms with Crippen LogP contribution in [0.25, 0.3) is 10.9 Å². The lowest BCUT2D eigenvalue weighted by atomic mass is 10.1. The molecule has 0 unspecified atom stereocenters. The molecule has 0 saturated heterocycles.